The van der Waals surface area contributed by atoms with Crippen LogP contribution in [0.4, 0.5) is 0 Å². The van der Waals surface area contributed by atoms with Gasteiger partial charge >= 0.3 is 0 Å². The number of benzene rings is 2. The second kappa shape index (κ2) is 7.28. The van der Waals surface area contributed by atoms with E-state index in [1.807, 2.05) is 43.3 Å². The fourth-order valence-corrected chi connectivity index (χ4v) is 2.07. The average molecular weight is 294 g/mol. The molecule has 0 saturated carbocycles. The summed E-state index contributed by atoms with van der Waals surface area (Å²) >= 11 is 0. The second-order valence-electron chi connectivity index (χ2n) is 5.02. The van der Waals surface area contributed by atoms with Crippen LogP contribution in [0.2, 0.25) is 0 Å². The van der Waals surface area contributed by atoms with Crippen molar-refractivity contribution < 1.29 is 9.53 Å². The summed E-state index contributed by atoms with van der Waals surface area (Å²) in [6, 6.07) is 18.6. The summed E-state index contributed by atoms with van der Waals surface area (Å²) in [6.45, 7) is 1.92. The molecule has 0 aliphatic rings. The molecule has 0 fully saturated rings. The Morgan fingerprint density at radius 3 is 2.64 bits per heavy atom. The van der Waals surface area contributed by atoms with E-state index in [1.54, 1.807) is 36.2 Å². The number of carbonyl (C=O) groups is 1. The molecule has 0 unspecified atom stereocenters. The first-order chi connectivity index (χ1) is 10.6. The van der Waals surface area contributed by atoms with E-state index >= 15 is 0 Å². The van der Waals surface area contributed by atoms with Crippen LogP contribution in [0, 0.1) is 11.3 Å². The number of ether oxygens (including phenoxy) is 1. The summed E-state index contributed by atoms with van der Waals surface area (Å²) in [5.41, 5.74) is 1.58. The van der Waals surface area contributed by atoms with E-state index in [2.05, 4.69) is 0 Å². The molecular weight excluding hydrogens is 276 g/mol. The number of hydrogen-bond donors (Lipinski definition) is 0. The largest absolute Gasteiger partial charge is 0.484 e. The zero-order chi connectivity index (χ0) is 15.9. The predicted octanol–water partition coefficient (Wildman–Crippen LogP) is 3.16. The highest BCUT2D eigenvalue weighted by molar-refractivity contribution is 5.78. The normalized spacial score (nSPS) is 11.3. The summed E-state index contributed by atoms with van der Waals surface area (Å²) in [6.07, 6.45) is 0. The van der Waals surface area contributed by atoms with Crippen LogP contribution in [0.1, 0.15) is 24.1 Å². The van der Waals surface area contributed by atoms with Gasteiger partial charge in [-0.2, -0.15) is 5.26 Å². The van der Waals surface area contributed by atoms with Gasteiger partial charge in [0.05, 0.1) is 17.7 Å². The van der Waals surface area contributed by atoms with E-state index in [1.165, 1.54) is 0 Å². The maximum atomic E-state index is 12.2. The van der Waals surface area contributed by atoms with E-state index in [0.29, 0.717) is 11.3 Å². The minimum atomic E-state index is -0.112. The van der Waals surface area contributed by atoms with Crippen LogP contribution < -0.4 is 4.74 Å². The van der Waals surface area contributed by atoms with Crippen LogP contribution in [-0.4, -0.2) is 24.5 Å². The van der Waals surface area contributed by atoms with Gasteiger partial charge in [0.1, 0.15) is 5.75 Å². The molecule has 2 aromatic rings. The van der Waals surface area contributed by atoms with Crippen LogP contribution in [0.25, 0.3) is 0 Å². The van der Waals surface area contributed by atoms with Crippen molar-refractivity contribution in [1.82, 2.24) is 4.90 Å². The van der Waals surface area contributed by atoms with Gasteiger partial charge in [-0.3, -0.25) is 4.79 Å². The molecule has 0 aliphatic heterocycles. The number of nitriles is 1. The molecule has 4 heteroatoms. The number of carbonyl (C=O) groups excluding carboxylic acids is 1. The van der Waals surface area contributed by atoms with Gasteiger partial charge in [0, 0.05) is 7.05 Å². The predicted molar refractivity (Wildman–Crippen MR) is 84.3 cm³/mol. The number of nitrogens with zero attached hydrogens (tertiary/aromatic N) is 2. The lowest BCUT2D eigenvalue weighted by Crippen LogP contribution is -2.33. The SMILES string of the molecule is C[C@@H](c1ccccc1)N(C)C(=O)COc1cccc(C#N)c1. The van der Waals surface area contributed by atoms with Crippen molar-refractivity contribution in [3.63, 3.8) is 0 Å². The van der Waals surface area contributed by atoms with Gasteiger partial charge in [-0.1, -0.05) is 36.4 Å². The maximum absolute atomic E-state index is 12.2. The van der Waals surface area contributed by atoms with Crippen LogP contribution >= 0.6 is 0 Å². The zero-order valence-electron chi connectivity index (χ0n) is 12.7. The Hall–Kier alpha value is -2.80. The molecule has 0 heterocycles. The Balaban J connectivity index is 1.95. The standard InChI is InChI=1S/C18H18N2O2/c1-14(16-8-4-3-5-9-16)20(2)18(21)13-22-17-10-6-7-15(11-17)12-19/h3-11,14H,13H2,1-2H3/t14-/m0/s1. The summed E-state index contributed by atoms with van der Waals surface area (Å²) in [5, 5.41) is 8.85. The van der Waals surface area contributed by atoms with E-state index in [-0.39, 0.29) is 18.6 Å². The third-order valence-corrected chi connectivity index (χ3v) is 3.58. The monoisotopic (exact) mass is 294 g/mol. The summed E-state index contributed by atoms with van der Waals surface area (Å²) < 4.78 is 5.48. The zero-order valence-corrected chi connectivity index (χ0v) is 12.7. The van der Waals surface area contributed by atoms with Gasteiger partial charge in [-0.15, -0.1) is 0 Å². The smallest absolute Gasteiger partial charge is 0.260 e. The van der Waals surface area contributed by atoms with Crippen molar-refractivity contribution in [3.05, 3.63) is 65.7 Å². The fraction of sp³-hybridized carbons (Fsp3) is 0.222. The highest BCUT2D eigenvalue weighted by atomic mass is 16.5. The quantitative estimate of drug-likeness (QED) is 0.851. The van der Waals surface area contributed by atoms with Crippen molar-refractivity contribution in [2.75, 3.05) is 13.7 Å². The molecule has 4 nitrogen and oxygen atoms in total. The molecule has 0 N–H and O–H groups in total. The molecule has 0 spiro atoms. The van der Waals surface area contributed by atoms with E-state index in [4.69, 9.17) is 10.00 Å². The molecule has 1 atom stereocenters. The molecule has 0 aliphatic carbocycles. The molecule has 2 aromatic carbocycles. The van der Waals surface area contributed by atoms with Crippen molar-refractivity contribution in [2.45, 2.75) is 13.0 Å². The number of hydrogen-bond acceptors (Lipinski definition) is 3. The topological polar surface area (TPSA) is 53.3 Å². The molecule has 112 valence electrons. The number of amides is 1. The first kappa shape index (κ1) is 15.6. The Morgan fingerprint density at radius 2 is 1.95 bits per heavy atom. The molecular formula is C18H18N2O2. The minimum Gasteiger partial charge on any atom is -0.484 e. The van der Waals surface area contributed by atoms with Crippen molar-refractivity contribution >= 4 is 5.91 Å². The van der Waals surface area contributed by atoms with Crippen LogP contribution in [0.3, 0.4) is 0 Å². The third kappa shape index (κ3) is 3.86. The molecule has 22 heavy (non-hydrogen) atoms. The molecule has 0 bridgehead atoms. The lowest BCUT2D eigenvalue weighted by molar-refractivity contribution is -0.134. The molecule has 0 aromatic heterocycles. The van der Waals surface area contributed by atoms with Crippen LogP contribution in [0.15, 0.2) is 54.6 Å². The van der Waals surface area contributed by atoms with Crippen molar-refractivity contribution in [2.24, 2.45) is 0 Å². The van der Waals surface area contributed by atoms with Crippen molar-refractivity contribution in [3.8, 4) is 11.8 Å². The molecule has 2 rings (SSSR count). The Labute approximate surface area is 130 Å². The Kier molecular flexibility index (Phi) is 5.16. The Morgan fingerprint density at radius 1 is 1.23 bits per heavy atom. The molecule has 1 amide bonds. The van der Waals surface area contributed by atoms with Gasteiger partial charge in [0.2, 0.25) is 0 Å². The van der Waals surface area contributed by atoms with Gasteiger partial charge in [-0.25, -0.2) is 0 Å². The van der Waals surface area contributed by atoms with Gasteiger partial charge in [-0.05, 0) is 30.7 Å². The highest BCUT2D eigenvalue weighted by Gasteiger charge is 2.17. The van der Waals surface area contributed by atoms with Crippen LogP contribution in [-0.2, 0) is 4.79 Å². The lowest BCUT2D eigenvalue weighted by Gasteiger charge is -2.25. The van der Waals surface area contributed by atoms with E-state index in [0.717, 1.165) is 5.56 Å². The summed E-state index contributed by atoms with van der Waals surface area (Å²) in [7, 11) is 1.76. The number of likely N-dealkylation sites (N-methyl/N-ethyl adjacent to an activating group) is 1. The Bertz CT molecular complexity index is 677. The van der Waals surface area contributed by atoms with Gasteiger partial charge in [0.15, 0.2) is 6.61 Å². The third-order valence-electron chi connectivity index (χ3n) is 3.58. The van der Waals surface area contributed by atoms with Crippen LogP contribution in [0.5, 0.6) is 5.75 Å². The molecule has 0 radical (unpaired) electrons. The first-order valence-electron chi connectivity index (χ1n) is 7.05. The minimum absolute atomic E-state index is 0.0252. The van der Waals surface area contributed by atoms with E-state index in [9.17, 15) is 4.79 Å². The maximum Gasteiger partial charge on any atom is 0.260 e. The first-order valence-corrected chi connectivity index (χ1v) is 7.05. The molecule has 0 saturated heterocycles. The highest BCUT2D eigenvalue weighted by Crippen LogP contribution is 2.19. The summed E-state index contributed by atoms with van der Waals surface area (Å²) in [4.78, 5) is 13.9. The number of rotatable bonds is 5. The van der Waals surface area contributed by atoms with E-state index < -0.39 is 0 Å². The fourth-order valence-electron chi connectivity index (χ4n) is 2.07. The lowest BCUT2D eigenvalue weighted by atomic mass is 10.1. The van der Waals surface area contributed by atoms with Gasteiger partial charge < -0.3 is 9.64 Å². The second-order valence-corrected chi connectivity index (χ2v) is 5.02. The average Bonchev–Trinajstić information content (AvgIpc) is 2.59. The van der Waals surface area contributed by atoms with Crippen molar-refractivity contribution in [1.29, 1.82) is 5.26 Å². The van der Waals surface area contributed by atoms with Gasteiger partial charge in [0.25, 0.3) is 5.91 Å². The summed E-state index contributed by atoms with van der Waals surface area (Å²) in [5.74, 6) is 0.409.